The number of aromatic carboxylic acids is 1. The first-order chi connectivity index (χ1) is 26.6. The Morgan fingerprint density at radius 1 is 0.550 bits per heavy atom. The Kier molecular flexibility index (Phi) is 27.6. The number of hydrogen-bond acceptors (Lipinski definition) is 24. The Bertz CT molecular complexity index is 1730. The van der Waals surface area contributed by atoms with E-state index in [0.717, 1.165) is 27.7 Å². The van der Waals surface area contributed by atoms with Gasteiger partial charge in [0.25, 0.3) is 0 Å². The number of rotatable bonds is 16. The van der Waals surface area contributed by atoms with E-state index >= 15 is 0 Å². The molecule has 0 heterocycles. The van der Waals surface area contributed by atoms with Crippen molar-refractivity contribution in [2.45, 2.75) is 89.6 Å². The van der Waals surface area contributed by atoms with Crippen molar-refractivity contribution in [3.8, 4) is 5.75 Å². The minimum absolute atomic E-state index is 0. The third-order valence-corrected chi connectivity index (χ3v) is 6.21. The van der Waals surface area contributed by atoms with Crippen molar-refractivity contribution in [2.24, 2.45) is 0 Å². The van der Waals surface area contributed by atoms with E-state index in [1.165, 1.54) is 12.1 Å². The molecular weight excluding hydrogens is 842 g/mol. The molecule has 0 saturated carbocycles. The topological polar surface area (TPSA) is 399 Å². The fourth-order valence-electron chi connectivity index (χ4n) is 3.59. The number of esters is 12. The first-order valence-corrected chi connectivity index (χ1v) is 15.9. The number of ether oxygens (including phenoxy) is 6. The minimum Gasteiger partial charge on any atom is -1.00 e. The van der Waals surface area contributed by atoms with Crippen LogP contribution in [0.2, 0.25) is 0 Å². The number of phenols is 1. The summed E-state index contributed by atoms with van der Waals surface area (Å²) in [7, 11) is 0. The molecule has 0 saturated heterocycles. The number of benzene rings is 1. The molecule has 0 bridgehead atoms. The molecule has 4 atom stereocenters. The van der Waals surface area contributed by atoms with Crippen LogP contribution in [0.1, 0.15) is 79.4 Å². The minimum atomic E-state index is -3.33. The molecule has 27 heteroatoms. The second-order valence-corrected chi connectivity index (χ2v) is 11.5. The zero-order valence-electron chi connectivity index (χ0n) is 34.6. The maximum absolute atomic E-state index is 12.5. The zero-order chi connectivity index (χ0) is 45.1. The van der Waals surface area contributed by atoms with Crippen LogP contribution in [-0.4, -0.2) is 132 Å². The summed E-state index contributed by atoms with van der Waals surface area (Å²) in [6.07, 6.45) is -12.2. The summed E-state index contributed by atoms with van der Waals surface area (Å²) in [6, 6.07) is 5.81. The molecule has 322 valence electrons. The van der Waals surface area contributed by atoms with Gasteiger partial charge in [0.2, 0.25) is 0 Å². The van der Waals surface area contributed by atoms with E-state index in [9.17, 15) is 72.5 Å². The molecule has 1 aromatic rings. The number of hydrogen-bond donors (Lipinski definition) is 6. The first kappa shape index (κ1) is 59.5. The summed E-state index contributed by atoms with van der Waals surface area (Å²) >= 11 is 0. The fourth-order valence-corrected chi connectivity index (χ4v) is 3.59. The maximum Gasteiger partial charge on any atom is 1.00 e. The van der Waals surface area contributed by atoms with Crippen molar-refractivity contribution >= 4 is 77.6 Å². The summed E-state index contributed by atoms with van der Waals surface area (Å²) < 4.78 is 25.1. The third-order valence-electron chi connectivity index (χ3n) is 6.21. The second kappa shape index (κ2) is 27.8. The summed E-state index contributed by atoms with van der Waals surface area (Å²) in [5.41, 5.74) is -6.73. The van der Waals surface area contributed by atoms with Crippen LogP contribution in [0.3, 0.4) is 0 Å². The van der Waals surface area contributed by atoms with Gasteiger partial charge < -0.3 is 61.9 Å². The predicted molar refractivity (Wildman–Crippen MR) is 176 cm³/mol. The fraction of sp³-hybridized carbons (Fsp3) is 0.424. The molecule has 1 aromatic carbocycles. The van der Waals surface area contributed by atoms with Gasteiger partial charge >= 0.3 is 137 Å². The van der Waals surface area contributed by atoms with E-state index in [-0.39, 0.29) is 73.3 Å². The molecule has 25 nitrogen and oxygen atoms in total. The molecule has 60 heavy (non-hydrogen) atoms. The summed E-state index contributed by atoms with van der Waals surface area (Å²) in [6.45, 7) is 3.27. The molecule has 4 unspecified atom stereocenters. The molecule has 1 rings (SSSR count). The number of aromatic hydroxyl groups is 1. The molecule has 0 fully saturated rings. The van der Waals surface area contributed by atoms with Gasteiger partial charge in [0.05, 0.1) is 38.5 Å². The predicted octanol–water partition coefficient (Wildman–Crippen LogP) is -8.67. The normalized spacial score (nSPS) is 12.9. The van der Waals surface area contributed by atoms with Gasteiger partial charge in [0.1, 0.15) is 23.5 Å². The van der Waals surface area contributed by atoms with Gasteiger partial charge in [-0.25, -0.2) is 24.0 Å². The third kappa shape index (κ3) is 23.1. The average molecular weight is 881 g/mol. The van der Waals surface area contributed by atoms with Crippen molar-refractivity contribution in [3.05, 3.63) is 29.8 Å². The summed E-state index contributed by atoms with van der Waals surface area (Å²) in [5.74, 6) is -21.0. The van der Waals surface area contributed by atoms with E-state index in [0.29, 0.717) is 0 Å². The van der Waals surface area contributed by atoms with Gasteiger partial charge in [-0.3, -0.25) is 38.4 Å². The van der Waals surface area contributed by atoms with Gasteiger partial charge in [0.15, 0.2) is 11.2 Å². The van der Waals surface area contributed by atoms with Crippen LogP contribution in [0.25, 0.3) is 0 Å². The van der Waals surface area contributed by atoms with E-state index in [4.69, 9.17) is 20.4 Å². The van der Waals surface area contributed by atoms with Gasteiger partial charge in [-0.15, -0.1) is 0 Å². The van der Waals surface area contributed by atoms with E-state index in [1.807, 2.05) is 0 Å². The Hall–Kier alpha value is -4.83. The van der Waals surface area contributed by atoms with Crippen molar-refractivity contribution < 1.29 is 183 Å². The molecule has 0 aliphatic heterocycles. The summed E-state index contributed by atoms with van der Waals surface area (Å²) in [5, 5.41) is 56.7. The smallest absolute Gasteiger partial charge is 1.00 e. The zero-order valence-corrected chi connectivity index (χ0v) is 36.6. The number of para-hydroxylation sites is 1. The number of carbonyl (C=O) groups excluding carboxylic acids is 12. The van der Waals surface area contributed by atoms with Crippen molar-refractivity contribution in [3.63, 3.8) is 0 Å². The average Bonchev–Trinajstić information content (AvgIpc) is 3.06. The van der Waals surface area contributed by atoms with Crippen LogP contribution in [0.15, 0.2) is 24.3 Å². The standard InChI is InChI=1S/C26H30O22.C7H6O3.2Na.2H/c1-11(27)21(37)45-19(35)9-25(41,7-17(33)43-13(3)29)23(39)47-15(31)5-6-16(32)48-24(40)26(42,8-18(34)44-14(4)30)10-20(36)46-22(38)12(2)28;8-6-4-2-1-3-5(6)7(9)10;;;;/h11-12,27-28,41-42H,5-10H2,1-4H3;1-4,8H,(H,9,10);;;;/q;;2*+1;2*-1. The second-order valence-electron chi connectivity index (χ2n) is 11.5. The summed E-state index contributed by atoms with van der Waals surface area (Å²) in [4.78, 5) is 152. The van der Waals surface area contributed by atoms with Crippen LogP contribution in [-0.2, 0) is 86.0 Å². The Labute approximate surface area is 384 Å². The van der Waals surface area contributed by atoms with E-state index < -0.39 is 140 Å². The van der Waals surface area contributed by atoms with Crippen LogP contribution < -0.4 is 59.1 Å². The molecule has 0 spiro atoms. The molecule has 0 aliphatic carbocycles. The maximum atomic E-state index is 12.5. The molecule has 0 radical (unpaired) electrons. The Balaban J connectivity index is -0.000000674. The Morgan fingerprint density at radius 2 is 0.850 bits per heavy atom. The molecule has 6 N–H and O–H groups in total. The SMILES string of the molecule is CC(=O)OC(=O)CC(O)(CC(=O)OC(=O)C(C)O)C(=O)OC(=O)CCC(=O)OC(=O)C(O)(CC(=O)OC(C)=O)CC(=O)OC(=O)C(C)O.O=C(O)c1ccccc1O.[H-].[H-].[Na+].[Na+]. The van der Waals surface area contributed by atoms with Crippen LogP contribution in [0.5, 0.6) is 5.75 Å². The largest absolute Gasteiger partial charge is 1.00 e. The molecule has 0 amide bonds. The van der Waals surface area contributed by atoms with Gasteiger partial charge in [0, 0.05) is 13.8 Å². The molecule has 0 aliphatic rings. The number of aliphatic hydroxyl groups excluding tert-OH is 2. The van der Waals surface area contributed by atoms with Gasteiger partial charge in [-0.05, 0) is 26.0 Å². The van der Waals surface area contributed by atoms with E-state index in [2.05, 4.69) is 28.4 Å². The Morgan fingerprint density at radius 3 is 1.10 bits per heavy atom. The quantitative estimate of drug-likeness (QED) is 0.0388. The number of carboxylic acid groups (broad SMARTS) is 1. The van der Waals surface area contributed by atoms with Crippen LogP contribution >= 0.6 is 0 Å². The first-order valence-electron chi connectivity index (χ1n) is 15.9. The van der Waals surface area contributed by atoms with Crippen molar-refractivity contribution in [2.75, 3.05) is 0 Å². The van der Waals surface area contributed by atoms with Crippen molar-refractivity contribution in [1.82, 2.24) is 0 Å². The monoisotopic (exact) mass is 880 g/mol. The number of aliphatic hydroxyl groups is 4. The van der Waals surface area contributed by atoms with Gasteiger partial charge in [-0.2, -0.15) is 0 Å². The molecular formula is C33H38Na2O25. The number of carboxylic acids is 1. The van der Waals surface area contributed by atoms with Gasteiger partial charge in [-0.1, -0.05) is 12.1 Å². The van der Waals surface area contributed by atoms with Crippen LogP contribution in [0, 0.1) is 0 Å². The molecule has 0 aromatic heterocycles. The van der Waals surface area contributed by atoms with Crippen LogP contribution in [0.4, 0.5) is 0 Å². The van der Waals surface area contributed by atoms with E-state index in [1.54, 1.807) is 12.1 Å². The number of carbonyl (C=O) groups is 13. The van der Waals surface area contributed by atoms with Crippen molar-refractivity contribution in [1.29, 1.82) is 0 Å².